The Morgan fingerprint density at radius 3 is 2.39 bits per heavy atom. The summed E-state index contributed by atoms with van der Waals surface area (Å²) in [6.45, 7) is 2.75. The number of anilines is 1. The maximum absolute atomic E-state index is 13.5. The van der Waals surface area contributed by atoms with Gasteiger partial charge in [-0.25, -0.2) is 8.42 Å². The lowest BCUT2D eigenvalue weighted by atomic mass is 9.96. The molecule has 3 aromatic rings. The number of amides is 1. The minimum Gasteiger partial charge on any atom is -0.419 e. The van der Waals surface area contributed by atoms with Crippen LogP contribution in [0.1, 0.15) is 18.4 Å². The number of carbonyl (C=O) groups excluding carboxylic acids is 1. The number of carbonyl (C=O) groups is 1. The van der Waals surface area contributed by atoms with E-state index < -0.39 is 9.84 Å². The predicted molar refractivity (Wildman–Crippen MR) is 118 cm³/mol. The molecule has 4 rings (SSSR count). The molecule has 2 N–H and O–H groups in total. The number of primary amides is 1. The second kappa shape index (κ2) is 8.36. The van der Waals surface area contributed by atoms with E-state index in [1.807, 2.05) is 6.92 Å². The molecule has 1 fully saturated rings. The van der Waals surface area contributed by atoms with Crippen LogP contribution in [0.25, 0.3) is 11.5 Å². The van der Waals surface area contributed by atoms with Crippen LogP contribution < -0.4 is 10.6 Å². The number of nitrogens with two attached hydrogens (primary N) is 1. The van der Waals surface area contributed by atoms with Crippen molar-refractivity contribution in [1.29, 1.82) is 0 Å². The molecule has 0 unspecified atom stereocenters. The Balaban J connectivity index is 1.80. The lowest BCUT2D eigenvalue weighted by molar-refractivity contribution is -0.122. The van der Waals surface area contributed by atoms with Crippen molar-refractivity contribution in [3.63, 3.8) is 0 Å². The van der Waals surface area contributed by atoms with E-state index in [2.05, 4.69) is 4.98 Å². The van der Waals surface area contributed by atoms with Gasteiger partial charge in [-0.3, -0.25) is 4.79 Å². The number of benzene rings is 2. The Labute approximate surface area is 185 Å². The first-order chi connectivity index (χ1) is 14.8. The zero-order chi connectivity index (χ0) is 22.2. The third-order valence-corrected chi connectivity index (χ3v) is 7.45. The van der Waals surface area contributed by atoms with Crippen molar-refractivity contribution in [3.05, 3.63) is 59.1 Å². The highest BCUT2D eigenvalue weighted by atomic mass is 35.5. The van der Waals surface area contributed by atoms with Crippen molar-refractivity contribution in [3.8, 4) is 11.5 Å². The van der Waals surface area contributed by atoms with Gasteiger partial charge in [0.25, 0.3) is 0 Å². The molecule has 0 aliphatic carbocycles. The third kappa shape index (κ3) is 4.18. The summed E-state index contributed by atoms with van der Waals surface area (Å²) in [6.07, 6.45) is 1.03. The van der Waals surface area contributed by atoms with E-state index in [0.29, 0.717) is 36.5 Å². The van der Waals surface area contributed by atoms with Crippen LogP contribution in [0.2, 0.25) is 5.02 Å². The molecule has 0 radical (unpaired) electrons. The summed E-state index contributed by atoms with van der Waals surface area (Å²) in [6, 6.07) is 13.5. The highest BCUT2D eigenvalue weighted by Gasteiger charge is 2.34. The number of oxazole rings is 1. The minimum absolute atomic E-state index is 0.128. The first kappa shape index (κ1) is 21.4. The van der Waals surface area contributed by atoms with Crippen LogP contribution in [0.3, 0.4) is 0 Å². The summed E-state index contributed by atoms with van der Waals surface area (Å²) in [5, 5.41) is 0.241. The number of piperidine rings is 1. The summed E-state index contributed by atoms with van der Waals surface area (Å²) in [7, 11) is -3.95. The second-order valence-electron chi connectivity index (χ2n) is 7.59. The van der Waals surface area contributed by atoms with E-state index in [1.54, 1.807) is 53.4 Å². The van der Waals surface area contributed by atoms with Gasteiger partial charge in [-0.15, -0.1) is 0 Å². The van der Waals surface area contributed by atoms with Crippen LogP contribution in [0.5, 0.6) is 0 Å². The van der Waals surface area contributed by atoms with E-state index >= 15 is 0 Å². The van der Waals surface area contributed by atoms with E-state index in [-0.39, 0.29) is 33.5 Å². The molecule has 162 valence electrons. The van der Waals surface area contributed by atoms with Gasteiger partial charge in [0.05, 0.1) is 15.5 Å². The fourth-order valence-corrected chi connectivity index (χ4v) is 5.16. The van der Waals surface area contributed by atoms with Gasteiger partial charge < -0.3 is 15.1 Å². The number of aryl methyl sites for hydroxylation is 1. The summed E-state index contributed by atoms with van der Waals surface area (Å²) < 4.78 is 32.9. The van der Waals surface area contributed by atoms with Crippen LogP contribution in [0.15, 0.2) is 62.9 Å². The molecule has 1 saturated heterocycles. The molecule has 1 aliphatic rings. The summed E-state index contributed by atoms with van der Waals surface area (Å²) in [5.41, 5.74) is 6.88. The van der Waals surface area contributed by atoms with Crippen LogP contribution >= 0.6 is 11.6 Å². The van der Waals surface area contributed by atoms with Gasteiger partial charge in [-0.1, -0.05) is 41.4 Å². The topological polar surface area (TPSA) is 106 Å². The Hall–Kier alpha value is -2.84. The fourth-order valence-electron chi connectivity index (χ4n) is 3.62. The van der Waals surface area contributed by atoms with Crippen molar-refractivity contribution >= 4 is 33.2 Å². The van der Waals surface area contributed by atoms with Crippen LogP contribution in [0, 0.1) is 12.8 Å². The van der Waals surface area contributed by atoms with E-state index in [9.17, 15) is 13.2 Å². The number of halogens is 1. The van der Waals surface area contributed by atoms with Crippen molar-refractivity contribution in [2.24, 2.45) is 11.7 Å². The molecule has 31 heavy (non-hydrogen) atoms. The van der Waals surface area contributed by atoms with Crippen molar-refractivity contribution in [2.75, 3.05) is 18.0 Å². The first-order valence-electron chi connectivity index (χ1n) is 9.89. The Morgan fingerprint density at radius 1 is 1.13 bits per heavy atom. The van der Waals surface area contributed by atoms with Gasteiger partial charge in [0.15, 0.2) is 0 Å². The molecule has 1 amide bonds. The lowest BCUT2D eigenvalue weighted by Gasteiger charge is -2.30. The van der Waals surface area contributed by atoms with Crippen LogP contribution in [-0.2, 0) is 14.6 Å². The molecule has 0 saturated carbocycles. The first-order valence-corrected chi connectivity index (χ1v) is 11.7. The number of hydrogen-bond donors (Lipinski definition) is 1. The van der Waals surface area contributed by atoms with Gasteiger partial charge in [-0.2, -0.15) is 4.98 Å². The van der Waals surface area contributed by atoms with Gasteiger partial charge in [-0.05, 0) is 44.0 Å². The Bertz CT molecular complexity index is 1210. The molecule has 1 aliphatic heterocycles. The maximum Gasteiger partial charge on any atom is 0.236 e. The lowest BCUT2D eigenvalue weighted by Crippen LogP contribution is -2.38. The minimum atomic E-state index is -3.95. The molecule has 0 bridgehead atoms. The zero-order valence-corrected chi connectivity index (χ0v) is 18.5. The van der Waals surface area contributed by atoms with E-state index in [1.165, 1.54) is 0 Å². The highest BCUT2D eigenvalue weighted by Crippen LogP contribution is 2.38. The van der Waals surface area contributed by atoms with Crippen molar-refractivity contribution < 1.29 is 17.6 Å². The maximum atomic E-state index is 13.5. The predicted octanol–water partition coefficient (Wildman–Crippen LogP) is 3.84. The molecule has 2 heterocycles. The van der Waals surface area contributed by atoms with Crippen molar-refractivity contribution in [2.45, 2.75) is 29.7 Å². The molecule has 0 atom stereocenters. The van der Waals surface area contributed by atoms with Gasteiger partial charge >= 0.3 is 0 Å². The molecule has 9 heteroatoms. The standard InChI is InChI=1S/C22H22ClN3O4S/c1-14-6-8-16(9-7-14)31(28,29)21-22(26-12-10-15(11-13-26)19(24)27)30-20(25-21)17-4-2-3-5-18(17)23/h2-9,15H,10-13H2,1H3,(H2,24,27). The Morgan fingerprint density at radius 2 is 1.77 bits per heavy atom. The SMILES string of the molecule is Cc1ccc(S(=O)(=O)c2nc(-c3ccccc3Cl)oc2N2CCC(C(N)=O)CC2)cc1. The number of aromatic nitrogens is 1. The number of sulfone groups is 1. The smallest absolute Gasteiger partial charge is 0.236 e. The summed E-state index contributed by atoms with van der Waals surface area (Å²) >= 11 is 6.29. The second-order valence-corrected chi connectivity index (χ2v) is 9.86. The zero-order valence-electron chi connectivity index (χ0n) is 16.9. The molecular weight excluding hydrogens is 438 g/mol. The molecule has 0 spiro atoms. The van der Waals surface area contributed by atoms with Gasteiger partial charge in [0, 0.05) is 19.0 Å². The normalized spacial score (nSPS) is 15.2. The number of rotatable bonds is 5. The largest absolute Gasteiger partial charge is 0.419 e. The molecule has 1 aromatic heterocycles. The highest BCUT2D eigenvalue weighted by molar-refractivity contribution is 7.91. The quantitative estimate of drug-likeness (QED) is 0.621. The van der Waals surface area contributed by atoms with Crippen molar-refractivity contribution in [1.82, 2.24) is 4.98 Å². The summed E-state index contributed by atoms with van der Waals surface area (Å²) in [4.78, 5) is 17.8. The van der Waals surface area contributed by atoms with Gasteiger partial charge in [0.1, 0.15) is 0 Å². The average molecular weight is 460 g/mol. The summed E-state index contributed by atoms with van der Waals surface area (Å²) in [5.74, 6) is -0.303. The number of hydrogen-bond acceptors (Lipinski definition) is 6. The van der Waals surface area contributed by atoms with E-state index in [4.69, 9.17) is 21.8 Å². The number of nitrogens with zero attached hydrogens (tertiary/aromatic N) is 2. The fraction of sp³-hybridized carbons (Fsp3) is 0.273. The molecule has 2 aromatic carbocycles. The van der Waals surface area contributed by atoms with E-state index in [0.717, 1.165) is 5.56 Å². The van der Waals surface area contributed by atoms with Crippen LogP contribution in [0.4, 0.5) is 5.88 Å². The average Bonchev–Trinajstić information content (AvgIpc) is 3.20. The molecular formula is C22H22ClN3O4S. The van der Waals surface area contributed by atoms with Gasteiger partial charge in [0.2, 0.25) is 32.5 Å². The monoisotopic (exact) mass is 459 g/mol. The third-order valence-electron chi connectivity index (χ3n) is 5.45. The van der Waals surface area contributed by atoms with Crippen LogP contribution in [-0.4, -0.2) is 32.4 Å². The Kier molecular flexibility index (Phi) is 5.77. The molecule has 7 nitrogen and oxygen atoms in total.